The van der Waals surface area contributed by atoms with Crippen LogP contribution < -0.4 is 5.32 Å². The number of thiazole rings is 1. The fraction of sp³-hybridized carbons (Fsp3) is 0.188. The summed E-state index contributed by atoms with van der Waals surface area (Å²) in [5.74, 6) is -0.169. The van der Waals surface area contributed by atoms with Crippen LogP contribution >= 0.6 is 11.3 Å². The topological polar surface area (TPSA) is 65.8 Å². The number of nitrogens with one attached hydrogen (secondary N) is 1. The van der Waals surface area contributed by atoms with Crippen LogP contribution in [0.25, 0.3) is 6.08 Å². The van der Waals surface area contributed by atoms with Crippen LogP contribution in [0.15, 0.2) is 35.7 Å². The zero-order chi connectivity index (χ0) is 15.2. The van der Waals surface area contributed by atoms with Gasteiger partial charge in [0, 0.05) is 11.5 Å². The van der Waals surface area contributed by atoms with Gasteiger partial charge >= 0.3 is 0 Å². The van der Waals surface area contributed by atoms with Gasteiger partial charge in [-0.25, -0.2) is 4.98 Å². The van der Waals surface area contributed by atoms with Crippen LogP contribution in [-0.4, -0.2) is 10.9 Å². The highest BCUT2D eigenvalue weighted by molar-refractivity contribution is 7.09. The maximum atomic E-state index is 11.9. The zero-order valence-electron chi connectivity index (χ0n) is 11.8. The van der Waals surface area contributed by atoms with Gasteiger partial charge in [-0.2, -0.15) is 5.26 Å². The van der Waals surface area contributed by atoms with Gasteiger partial charge in [0.1, 0.15) is 0 Å². The average molecular weight is 297 g/mol. The third-order valence-electron chi connectivity index (χ3n) is 2.94. The third kappa shape index (κ3) is 4.26. The van der Waals surface area contributed by atoms with Crippen LogP contribution in [-0.2, 0) is 4.79 Å². The molecule has 1 amide bonds. The number of aryl methyl sites for hydroxylation is 1. The number of aromatic nitrogens is 1. The van der Waals surface area contributed by atoms with Crippen molar-refractivity contribution < 1.29 is 4.79 Å². The van der Waals surface area contributed by atoms with Gasteiger partial charge in [0.05, 0.1) is 28.4 Å². The van der Waals surface area contributed by atoms with Crippen LogP contribution in [0.3, 0.4) is 0 Å². The van der Waals surface area contributed by atoms with Crippen LogP contribution in [0.4, 0.5) is 0 Å². The van der Waals surface area contributed by atoms with Gasteiger partial charge in [-0.3, -0.25) is 4.79 Å². The highest BCUT2D eigenvalue weighted by Gasteiger charge is 2.07. The molecule has 0 fully saturated rings. The van der Waals surface area contributed by atoms with E-state index in [-0.39, 0.29) is 11.9 Å². The highest BCUT2D eigenvalue weighted by atomic mass is 32.1. The Bertz CT molecular complexity index is 695. The van der Waals surface area contributed by atoms with E-state index in [9.17, 15) is 4.79 Å². The van der Waals surface area contributed by atoms with Gasteiger partial charge in [-0.1, -0.05) is 12.1 Å². The van der Waals surface area contributed by atoms with Crippen LogP contribution in [0.5, 0.6) is 0 Å². The minimum atomic E-state index is -0.169. The molecule has 106 valence electrons. The van der Waals surface area contributed by atoms with E-state index in [4.69, 9.17) is 5.26 Å². The Hall–Kier alpha value is -2.45. The number of amides is 1. The summed E-state index contributed by atoms with van der Waals surface area (Å²) in [5, 5.41) is 14.5. The molecule has 0 radical (unpaired) electrons. The molecule has 1 heterocycles. The summed E-state index contributed by atoms with van der Waals surface area (Å²) >= 11 is 1.55. The molecule has 0 spiro atoms. The van der Waals surface area contributed by atoms with Gasteiger partial charge < -0.3 is 5.32 Å². The summed E-state index contributed by atoms with van der Waals surface area (Å²) in [6.07, 6.45) is 3.18. The monoisotopic (exact) mass is 297 g/mol. The largest absolute Gasteiger partial charge is 0.346 e. The summed E-state index contributed by atoms with van der Waals surface area (Å²) in [5.41, 5.74) is 2.36. The molecule has 1 atom stereocenters. The lowest BCUT2D eigenvalue weighted by atomic mass is 10.1. The third-order valence-corrected chi connectivity index (χ3v) is 3.73. The Morgan fingerprint density at radius 3 is 2.71 bits per heavy atom. The molecule has 0 aliphatic rings. The van der Waals surface area contributed by atoms with E-state index in [0.29, 0.717) is 5.56 Å². The lowest BCUT2D eigenvalue weighted by Crippen LogP contribution is -2.24. The number of benzene rings is 1. The second-order valence-corrected chi connectivity index (χ2v) is 5.65. The molecule has 0 aliphatic heterocycles. The summed E-state index contributed by atoms with van der Waals surface area (Å²) in [7, 11) is 0. The average Bonchev–Trinajstić information content (AvgIpc) is 2.91. The fourth-order valence-electron chi connectivity index (χ4n) is 1.81. The Labute approximate surface area is 127 Å². The molecule has 0 saturated heterocycles. The van der Waals surface area contributed by atoms with Crippen molar-refractivity contribution in [1.29, 1.82) is 5.26 Å². The number of carbonyl (C=O) groups is 1. The second kappa shape index (κ2) is 6.82. The Balaban J connectivity index is 1.95. The number of hydrogen-bond acceptors (Lipinski definition) is 4. The van der Waals surface area contributed by atoms with E-state index < -0.39 is 0 Å². The molecule has 1 aromatic heterocycles. The first-order chi connectivity index (χ1) is 10.1. The molecule has 21 heavy (non-hydrogen) atoms. The summed E-state index contributed by atoms with van der Waals surface area (Å²) in [6, 6.07) is 9.12. The van der Waals surface area contributed by atoms with E-state index in [1.807, 2.05) is 31.4 Å². The summed E-state index contributed by atoms with van der Waals surface area (Å²) in [4.78, 5) is 16.1. The Kier molecular flexibility index (Phi) is 4.85. The molecule has 1 unspecified atom stereocenters. The van der Waals surface area contributed by atoms with Crippen molar-refractivity contribution in [2.45, 2.75) is 19.9 Å². The molecule has 2 aromatic rings. The molecule has 4 nitrogen and oxygen atoms in total. The first kappa shape index (κ1) is 14.9. The maximum absolute atomic E-state index is 11.9. The van der Waals surface area contributed by atoms with Crippen molar-refractivity contribution in [2.24, 2.45) is 0 Å². The minimum absolute atomic E-state index is 0.118. The quantitative estimate of drug-likeness (QED) is 0.881. The molecular weight excluding hydrogens is 282 g/mol. The molecule has 2 rings (SSSR count). The number of nitriles is 1. The van der Waals surface area contributed by atoms with Gasteiger partial charge in [0.15, 0.2) is 0 Å². The smallest absolute Gasteiger partial charge is 0.244 e. The van der Waals surface area contributed by atoms with Crippen molar-refractivity contribution in [1.82, 2.24) is 10.3 Å². The molecule has 0 saturated carbocycles. The molecule has 0 aliphatic carbocycles. The van der Waals surface area contributed by atoms with Crippen molar-refractivity contribution >= 4 is 23.3 Å². The van der Waals surface area contributed by atoms with Gasteiger partial charge in [-0.15, -0.1) is 11.3 Å². The summed E-state index contributed by atoms with van der Waals surface area (Å²) < 4.78 is 0. The first-order valence-corrected chi connectivity index (χ1v) is 7.37. The lowest BCUT2D eigenvalue weighted by Gasteiger charge is -2.12. The fourth-order valence-corrected chi connectivity index (χ4v) is 2.39. The first-order valence-electron chi connectivity index (χ1n) is 6.49. The van der Waals surface area contributed by atoms with Crippen molar-refractivity contribution in [3.8, 4) is 6.07 Å². The molecule has 1 aromatic carbocycles. The highest BCUT2D eigenvalue weighted by Crippen LogP contribution is 2.13. The van der Waals surface area contributed by atoms with E-state index >= 15 is 0 Å². The van der Waals surface area contributed by atoms with Gasteiger partial charge in [0.2, 0.25) is 5.91 Å². The molecule has 0 bridgehead atoms. The normalized spacial score (nSPS) is 12.0. The van der Waals surface area contributed by atoms with Crippen LogP contribution in [0, 0.1) is 18.3 Å². The number of nitrogens with zero attached hydrogens (tertiary/aromatic N) is 2. The van der Waals surface area contributed by atoms with Crippen LogP contribution in [0.1, 0.15) is 34.8 Å². The predicted octanol–water partition coefficient (Wildman–Crippen LogP) is 3.21. The van der Waals surface area contributed by atoms with E-state index in [2.05, 4.69) is 16.4 Å². The minimum Gasteiger partial charge on any atom is -0.346 e. The maximum Gasteiger partial charge on any atom is 0.244 e. The molecule has 5 heteroatoms. The summed E-state index contributed by atoms with van der Waals surface area (Å²) in [6.45, 7) is 3.83. The number of hydrogen-bond donors (Lipinski definition) is 1. The van der Waals surface area contributed by atoms with Crippen molar-refractivity contribution in [2.75, 3.05) is 0 Å². The van der Waals surface area contributed by atoms with E-state index in [1.165, 1.54) is 6.08 Å². The zero-order valence-corrected chi connectivity index (χ0v) is 12.6. The number of carbonyl (C=O) groups excluding carboxylic acids is 1. The van der Waals surface area contributed by atoms with Crippen LogP contribution in [0.2, 0.25) is 0 Å². The molecular formula is C16H15N3OS. The SMILES string of the molecule is Cc1nc(/C=C/C(=O)NC(C)c2ccc(C#N)cc2)cs1. The standard InChI is InChI=1S/C16H15N3OS/c1-11(14-5-3-13(9-17)4-6-14)18-16(20)8-7-15-10-21-12(2)19-15/h3-8,10-11H,1-2H3,(H,18,20)/b8-7+. The van der Waals surface area contributed by atoms with E-state index in [1.54, 1.807) is 29.5 Å². The van der Waals surface area contributed by atoms with Crippen molar-refractivity contribution in [3.63, 3.8) is 0 Å². The Morgan fingerprint density at radius 2 is 2.14 bits per heavy atom. The predicted molar refractivity (Wildman–Crippen MR) is 83.6 cm³/mol. The Morgan fingerprint density at radius 1 is 1.43 bits per heavy atom. The van der Waals surface area contributed by atoms with E-state index in [0.717, 1.165) is 16.3 Å². The van der Waals surface area contributed by atoms with Gasteiger partial charge in [-0.05, 0) is 37.6 Å². The lowest BCUT2D eigenvalue weighted by molar-refractivity contribution is -0.117. The van der Waals surface area contributed by atoms with Gasteiger partial charge in [0.25, 0.3) is 0 Å². The second-order valence-electron chi connectivity index (χ2n) is 4.59. The van der Waals surface area contributed by atoms with Crippen molar-refractivity contribution in [3.05, 3.63) is 57.6 Å². The number of rotatable bonds is 4. The molecule has 1 N–H and O–H groups in total.